The molecule has 26 heavy (non-hydrogen) atoms. The number of benzene rings is 3. The van der Waals surface area contributed by atoms with Crippen molar-refractivity contribution in [3.05, 3.63) is 107 Å². The van der Waals surface area contributed by atoms with Gasteiger partial charge in [-0.25, -0.2) is 0 Å². The molecule has 0 aliphatic carbocycles. The Morgan fingerprint density at radius 3 is 1.38 bits per heavy atom. The molecule has 4 heteroatoms. The fourth-order valence-electron chi connectivity index (χ4n) is 2.44. The zero-order chi connectivity index (χ0) is 16.5. The monoisotopic (exact) mass is 490 g/mol. The zero-order valence-corrected chi connectivity index (χ0v) is 18.3. The average molecular weight is 491 g/mol. The summed E-state index contributed by atoms with van der Waals surface area (Å²) in [6.07, 6.45) is 0. The molecule has 0 atom stereocenters. The van der Waals surface area contributed by atoms with E-state index in [1.54, 1.807) is 0 Å². The molecule has 0 saturated heterocycles. The summed E-state index contributed by atoms with van der Waals surface area (Å²) in [6, 6.07) is 31.4. The molecule has 1 radical (unpaired) electrons. The van der Waals surface area contributed by atoms with Crippen LogP contribution in [-0.2, 0) is 43.4 Å². The van der Waals surface area contributed by atoms with Gasteiger partial charge in [0.1, 0.15) is 0 Å². The molecule has 0 fully saturated rings. The molecule has 0 saturated carbocycles. The Balaban J connectivity index is 0.00000169. The summed E-state index contributed by atoms with van der Waals surface area (Å²) in [5.41, 5.74) is 5.37. The predicted octanol–water partition coefficient (Wildman–Crippen LogP) is 3.36. The second-order valence-corrected chi connectivity index (χ2v) is 7.63. The van der Waals surface area contributed by atoms with Crippen LogP contribution in [0.3, 0.4) is 0 Å². The summed E-state index contributed by atoms with van der Waals surface area (Å²) in [6.45, 7) is 0. The molecule has 3 rings (SSSR count). The van der Waals surface area contributed by atoms with E-state index in [-0.39, 0.29) is 32.8 Å². The fraction of sp³-hybridized carbons (Fsp3) is 0.182. The molecule has 3 aromatic carbocycles. The normalized spacial score (nSPS) is 9.85. The Labute approximate surface area is 185 Å². The number of rotatable bonds is 8. The summed E-state index contributed by atoms with van der Waals surface area (Å²) in [4.78, 5) is 0. The maximum atomic E-state index is 3.58. The van der Waals surface area contributed by atoms with E-state index in [0.29, 0.717) is 0 Å². The van der Waals surface area contributed by atoms with Gasteiger partial charge in [-0.3, -0.25) is 0 Å². The van der Waals surface area contributed by atoms with Gasteiger partial charge < -0.3 is 12.4 Å². The van der Waals surface area contributed by atoms with Gasteiger partial charge in [-0.15, -0.1) is 0 Å². The van der Waals surface area contributed by atoms with Crippen LogP contribution >= 0.6 is 23.5 Å². The smallest absolute Gasteiger partial charge is 0.0194 e. The van der Waals surface area contributed by atoms with Crippen LogP contribution in [-0.4, -0.2) is 0 Å². The van der Waals surface area contributed by atoms with Crippen LogP contribution in [0.5, 0.6) is 0 Å². The third-order valence-corrected chi connectivity index (χ3v) is 5.76. The molecule has 0 N–H and O–H groups in total. The minimum atomic E-state index is 0. The van der Waals surface area contributed by atoms with Crippen molar-refractivity contribution in [3.8, 4) is 0 Å². The maximum Gasteiger partial charge on any atom is 0.0194 e. The largest absolute Gasteiger partial charge is 1.00 e. The van der Waals surface area contributed by atoms with Crippen molar-refractivity contribution in [3.63, 3.8) is 0 Å². The van der Waals surface area contributed by atoms with Gasteiger partial charge in [0, 0.05) is 43.4 Å². The molecule has 0 aromatic heterocycles. The van der Waals surface area contributed by atoms with Crippen LogP contribution in [0.2, 0.25) is 0 Å². The van der Waals surface area contributed by atoms with E-state index in [2.05, 4.69) is 84.9 Å². The van der Waals surface area contributed by atoms with E-state index in [0.717, 1.165) is 23.0 Å². The summed E-state index contributed by atoms with van der Waals surface area (Å²) in [7, 11) is 0. The Bertz CT molecular complexity index is 675. The van der Waals surface area contributed by atoms with Gasteiger partial charge in [-0.2, -0.15) is 23.5 Å². The molecule has 139 valence electrons. The third-order valence-electron chi connectivity index (χ3n) is 3.65. The van der Waals surface area contributed by atoms with Gasteiger partial charge in [-0.1, -0.05) is 78.9 Å². The SMILES string of the molecule is [Cl-].[Pd].[c]1c(CSCc2ccccc2)cccc1CSCc1ccccc1. The summed E-state index contributed by atoms with van der Waals surface area (Å²) in [5, 5.41) is 0. The third kappa shape index (κ3) is 8.34. The second-order valence-electron chi connectivity index (χ2n) is 5.66. The van der Waals surface area contributed by atoms with Gasteiger partial charge in [-0.05, 0) is 28.3 Å². The van der Waals surface area contributed by atoms with Crippen LogP contribution in [0.25, 0.3) is 0 Å². The summed E-state index contributed by atoms with van der Waals surface area (Å²) < 4.78 is 0. The minimum Gasteiger partial charge on any atom is -1.00 e. The first-order chi connectivity index (χ1) is 11.9. The van der Waals surface area contributed by atoms with Crippen molar-refractivity contribution in [2.24, 2.45) is 0 Å². The number of thioether (sulfide) groups is 2. The molecule has 0 heterocycles. The van der Waals surface area contributed by atoms with Crippen molar-refractivity contribution in [2.75, 3.05) is 0 Å². The van der Waals surface area contributed by atoms with E-state index in [9.17, 15) is 0 Å². The van der Waals surface area contributed by atoms with E-state index < -0.39 is 0 Å². The molecular weight excluding hydrogens is 470 g/mol. The zero-order valence-electron chi connectivity index (χ0n) is 14.3. The minimum absolute atomic E-state index is 0. The van der Waals surface area contributed by atoms with Gasteiger partial charge in [0.15, 0.2) is 0 Å². The van der Waals surface area contributed by atoms with Gasteiger partial charge in [0.2, 0.25) is 0 Å². The van der Waals surface area contributed by atoms with E-state index in [1.807, 2.05) is 23.5 Å². The van der Waals surface area contributed by atoms with Crippen LogP contribution in [0.15, 0.2) is 78.9 Å². The van der Waals surface area contributed by atoms with Crippen LogP contribution in [0.4, 0.5) is 0 Å². The van der Waals surface area contributed by atoms with Gasteiger partial charge >= 0.3 is 0 Å². The molecule has 0 aliphatic rings. The molecule has 0 bridgehead atoms. The molecular formula is C22H21ClPdS2-. The van der Waals surface area contributed by atoms with Gasteiger partial charge in [0.25, 0.3) is 0 Å². The van der Waals surface area contributed by atoms with Gasteiger partial charge in [0.05, 0.1) is 0 Å². The van der Waals surface area contributed by atoms with Crippen LogP contribution in [0, 0.1) is 6.07 Å². The molecule has 0 unspecified atom stereocenters. The topological polar surface area (TPSA) is 0 Å². The van der Waals surface area contributed by atoms with E-state index in [1.165, 1.54) is 22.3 Å². The number of halogens is 1. The molecule has 0 amide bonds. The molecule has 0 nitrogen and oxygen atoms in total. The molecule has 0 spiro atoms. The fourth-order valence-corrected chi connectivity index (χ4v) is 4.28. The second kappa shape index (κ2) is 13.5. The van der Waals surface area contributed by atoms with Crippen LogP contribution < -0.4 is 12.4 Å². The maximum absolute atomic E-state index is 3.58. The quantitative estimate of drug-likeness (QED) is 0.444. The van der Waals surface area contributed by atoms with Crippen molar-refractivity contribution >= 4 is 23.5 Å². The molecule has 3 aromatic rings. The van der Waals surface area contributed by atoms with Crippen molar-refractivity contribution in [1.82, 2.24) is 0 Å². The first kappa shape index (κ1) is 23.4. The predicted molar refractivity (Wildman–Crippen MR) is 108 cm³/mol. The molecule has 0 aliphatic heterocycles. The standard InChI is InChI=1S/C22H21S2.ClH.Pd/c1-3-8-19(9-4-1)15-23-17-21-12-7-13-22(14-21)18-24-16-20-10-5-2-6-11-20;;/h1-13H,15-18H2;1H;/p-1. The van der Waals surface area contributed by atoms with E-state index >= 15 is 0 Å². The summed E-state index contributed by atoms with van der Waals surface area (Å²) in [5.74, 6) is 4.15. The van der Waals surface area contributed by atoms with Crippen LogP contribution in [0.1, 0.15) is 22.3 Å². The first-order valence-corrected chi connectivity index (χ1v) is 10.4. The van der Waals surface area contributed by atoms with Crippen molar-refractivity contribution in [2.45, 2.75) is 23.0 Å². The number of hydrogen-bond donors (Lipinski definition) is 0. The van der Waals surface area contributed by atoms with E-state index in [4.69, 9.17) is 0 Å². The Morgan fingerprint density at radius 2 is 0.962 bits per heavy atom. The Morgan fingerprint density at radius 1 is 0.538 bits per heavy atom. The Hall–Kier alpha value is -0.688. The summed E-state index contributed by atoms with van der Waals surface area (Å²) >= 11 is 3.90. The Kier molecular flexibility index (Phi) is 12.1. The first-order valence-electron chi connectivity index (χ1n) is 8.13. The van der Waals surface area contributed by atoms with Crippen molar-refractivity contribution in [1.29, 1.82) is 0 Å². The number of hydrogen-bond acceptors (Lipinski definition) is 2. The van der Waals surface area contributed by atoms with Crippen molar-refractivity contribution < 1.29 is 32.8 Å². The average Bonchev–Trinajstić information content (AvgIpc) is 2.64.